The number of likely N-dealkylation sites (N-methyl/N-ethyl adjacent to an activating group) is 1. The van der Waals surface area contributed by atoms with E-state index in [0.29, 0.717) is 22.9 Å². The number of benzene rings is 3. The molecular formula is C34H40N6O5. The van der Waals surface area contributed by atoms with Gasteiger partial charge in [0.05, 0.1) is 38.4 Å². The number of anilines is 4. The summed E-state index contributed by atoms with van der Waals surface area (Å²) in [4.78, 5) is 27.0. The molecular weight excluding hydrogens is 572 g/mol. The van der Waals surface area contributed by atoms with Crippen molar-refractivity contribution in [3.8, 4) is 34.4 Å². The number of amides is 1. The molecule has 1 saturated heterocycles. The summed E-state index contributed by atoms with van der Waals surface area (Å²) in [5.74, 6) is 2.11. The van der Waals surface area contributed by atoms with Gasteiger partial charge in [-0.05, 0) is 68.8 Å². The van der Waals surface area contributed by atoms with Crippen molar-refractivity contribution in [2.75, 3.05) is 70.1 Å². The predicted molar refractivity (Wildman–Crippen MR) is 177 cm³/mol. The zero-order chi connectivity index (χ0) is 32.1. The third kappa shape index (κ3) is 7.21. The Morgan fingerprint density at radius 3 is 2.27 bits per heavy atom. The Labute approximate surface area is 264 Å². The first-order valence-corrected chi connectivity index (χ1v) is 14.7. The molecule has 11 nitrogen and oxygen atoms in total. The lowest BCUT2D eigenvalue weighted by Gasteiger charge is -2.34. The molecule has 45 heavy (non-hydrogen) atoms. The van der Waals surface area contributed by atoms with Crippen molar-refractivity contribution in [1.82, 2.24) is 14.9 Å². The Morgan fingerprint density at radius 1 is 0.800 bits per heavy atom. The molecule has 3 aromatic carbocycles. The maximum Gasteiger partial charge on any atom is 0.418 e. The fourth-order valence-electron chi connectivity index (χ4n) is 5.23. The number of rotatable bonds is 9. The lowest BCUT2D eigenvalue weighted by Crippen LogP contribution is -2.44. The van der Waals surface area contributed by atoms with E-state index in [0.717, 1.165) is 60.0 Å². The van der Waals surface area contributed by atoms with Crippen LogP contribution in [0.15, 0.2) is 54.6 Å². The van der Waals surface area contributed by atoms with Crippen molar-refractivity contribution in [2.45, 2.75) is 20.8 Å². The number of methoxy groups -OCH3 is 3. The number of carbonyl (C=O) groups is 1. The van der Waals surface area contributed by atoms with Gasteiger partial charge < -0.3 is 34.1 Å². The predicted octanol–water partition coefficient (Wildman–Crippen LogP) is 6.20. The molecule has 0 bridgehead atoms. The first kappa shape index (κ1) is 31.4. The summed E-state index contributed by atoms with van der Waals surface area (Å²) in [7, 11) is 6.87. The molecule has 4 aromatic rings. The second-order valence-electron chi connectivity index (χ2n) is 11.0. The minimum Gasteiger partial charge on any atom is -0.497 e. The number of hydrogen-bond acceptors (Lipinski definition) is 10. The lowest BCUT2D eigenvalue weighted by atomic mass is 9.97. The van der Waals surface area contributed by atoms with Gasteiger partial charge in [-0.3, -0.25) is 5.32 Å². The molecule has 0 atom stereocenters. The van der Waals surface area contributed by atoms with E-state index < -0.39 is 6.09 Å². The first-order chi connectivity index (χ1) is 21.7. The van der Waals surface area contributed by atoms with Gasteiger partial charge in [-0.25, -0.2) is 9.78 Å². The van der Waals surface area contributed by atoms with Gasteiger partial charge in [0, 0.05) is 55.6 Å². The van der Waals surface area contributed by atoms with Crippen LogP contribution in [0.2, 0.25) is 0 Å². The van der Waals surface area contributed by atoms with Crippen LogP contribution < -0.4 is 34.5 Å². The molecule has 0 spiro atoms. The maximum atomic E-state index is 13.1. The molecule has 236 valence electrons. The van der Waals surface area contributed by atoms with Crippen molar-refractivity contribution in [1.29, 1.82) is 0 Å². The van der Waals surface area contributed by atoms with Crippen LogP contribution in [0, 0.1) is 20.8 Å². The summed E-state index contributed by atoms with van der Waals surface area (Å²) in [6.45, 7) is 10.0. The van der Waals surface area contributed by atoms with Crippen molar-refractivity contribution < 1.29 is 23.7 Å². The molecule has 1 amide bonds. The normalized spacial score (nSPS) is 13.3. The van der Waals surface area contributed by atoms with Crippen LogP contribution in [-0.2, 0) is 0 Å². The van der Waals surface area contributed by atoms with Gasteiger partial charge in [-0.1, -0.05) is 12.1 Å². The third-order valence-corrected chi connectivity index (χ3v) is 8.16. The topological polar surface area (TPSA) is 110 Å². The van der Waals surface area contributed by atoms with Crippen molar-refractivity contribution in [2.24, 2.45) is 0 Å². The van der Waals surface area contributed by atoms with Crippen molar-refractivity contribution >= 4 is 29.1 Å². The number of nitrogens with one attached hydrogen (secondary N) is 2. The van der Waals surface area contributed by atoms with Gasteiger partial charge in [-0.2, -0.15) is 4.98 Å². The van der Waals surface area contributed by atoms with E-state index >= 15 is 0 Å². The molecule has 1 aliphatic rings. The largest absolute Gasteiger partial charge is 0.497 e. The van der Waals surface area contributed by atoms with E-state index in [1.165, 1.54) is 12.7 Å². The van der Waals surface area contributed by atoms with Gasteiger partial charge in [0.1, 0.15) is 17.2 Å². The number of hydrogen-bond donors (Lipinski definition) is 2. The Morgan fingerprint density at radius 2 is 1.56 bits per heavy atom. The highest BCUT2D eigenvalue weighted by molar-refractivity contribution is 5.88. The number of ether oxygens (including phenoxy) is 4. The van der Waals surface area contributed by atoms with E-state index in [1.54, 1.807) is 38.5 Å². The fraction of sp³-hybridized carbons (Fsp3) is 0.324. The summed E-state index contributed by atoms with van der Waals surface area (Å²) in [5.41, 5.74) is 7.14. The number of aromatic nitrogens is 2. The Kier molecular flexibility index (Phi) is 9.58. The average Bonchev–Trinajstić information content (AvgIpc) is 3.04. The van der Waals surface area contributed by atoms with Crippen LogP contribution in [0.5, 0.6) is 23.1 Å². The van der Waals surface area contributed by atoms with E-state index in [4.69, 9.17) is 23.9 Å². The van der Waals surface area contributed by atoms with Crippen molar-refractivity contribution in [3.63, 3.8) is 0 Å². The summed E-state index contributed by atoms with van der Waals surface area (Å²) in [6.07, 6.45) is -0.732. The highest BCUT2D eigenvalue weighted by Gasteiger charge is 2.19. The Balaban J connectivity index is 1.45. The molecule has 11 heteroatoms. The quantitative estimate of drug-likeness (QED) is 0.227. The smallest absolute Gasteiger partial charge is 0.418 e. The van der Waals surface area contributed by atoms with Crippen LogP contribution in [-0.4, -0.2) is 75.5 Å². The van der Waals surface area contributed by atoms with Crippen LogP contribution in [0.25, 0.3) is 11.3 Å². The van der Waals surface area contributed by atoms with Crippen LogP contribution in [0.4, 0.5) is 27.8 Å². The molecule has 1 aliphatic heterocycles. The molecule has 0 radical (unpaired) electrons. The lowest BCUT2D eigenvalue weighted by molar-refractivity contribution is 0.213. The Hall–Kier alpha value is -5.03. The van der Waals surface area contributed by atoms with Gasteiger partial charge >= 0.3 is 6.09 Å². The highest BCUT2D eigenvalue weighted by Crippen LogP contribution is 2.34. The zero-order valence-electron chi connectivity index (χ0n) is 26.9. The minimum absolute atomic E-state index is 0.0751. The van der Waals surface area contributed by atoms with Crippen LogP contribution >= 0.6 is 0 Å². The molecule has 0 aliphatic carbocycles. The molecule has 2 N–H and O–H groups in total. The molecule has 2 heterocycles. The number of carbonyl (C=O) groups excluding carboxylic acids is 1. The number of aryl methyl sites for hydroxylation is 1. The number of nitrogens with zero attached hydrogens (tertiary/aromatic N) is 4. The fourth-order valence-corrected chi connectivity index (χ4v) is 5.23. The summed E-state index contributed by atoms with van der Waals surface area (Å²) < 4.78 is 22.1. The van der Waals surface area contributed by atoms with Gasteiger partial charge in [0.2, 0.25) is 11.8 Å². The summed E-state index contributed by atoms with van der Waals surface area (Å²) >= 11 is 0. The molecule has 0 unspecified atom stereocenters. The van der Waals surface area contributed by atoms with Gasteiger partial charge in [0.25, 0.3) is 0 Å². The second kappa shape index (κ2) is 13.7. The van der Waals surface area contributed by atoms with E-state index in [9.17, 15) is 4.79 Å². The van der Waals surface area contributed by atoms with Crippen LogP contribution in [0.3, 0.4) is 0 Å². The zero-order valence-corrected chi connectivity index (χ0v) is 26.9. The SMILES string of the molecule is COc1ccc(NC(=O)Oc2cc(-c3ccc(C)c(C)c3C)nc(Nc3ccc(N4CCN(C)CC4)c(OC)c3)n2)c(OC)c1. The molecule has 1 aromatic heterocycles. The maximum absolute atomic E-state index is 13.1. The van der Waals surface area contributed by atoms with E-state index in [1.807, 2.05) is 24.3 Å². The molecule has 5 rings (SSSR count). The van der Waals surface area contributed by atoms with Gasteiger partial charge in [0.15, 0.2) is 0 Å². The minimum atomic E-state index is -0.732. The third-order valence-electron chi connectivity index (χ3n) is 8.16. The van der Waals surface area contributed by atoms with E-state index in [-0.39, 0.29) is 11.8 Å². The summed E-state index contributed by atoms with van der Waals surface area (Å²) in [6, 6.07) is 16.7. The monoisotopic (exact) mass is 612 g/mol. The highest BCUT2D eigenvalue weighted by atomic mass is 16.6. The second-order valence-corrected chi connectivity index (χ2v) is 11.0. The first-order valence-electron chi connectivity index (χ1n) is 14.7. The average molecular weight is 613 g/mol. The number of piperazine rings is 1. The van der Waals surface area contributed by atoms with Gasteiger partial charge in [-0.15, -0.1) is 0 Å². The standard InChI is InChI=1S/C34H40N6O5/c1-21-8-11-26(23(3)22(21)2)28-20-32(45-34(41)37-27-12-10-25(42-5)19-30(27)43-6)38-33(36-28)35-24-9-13-29(31(18-24)44-7)40-16-14-39(4)15-17-40/h8-13,18-20H,14-17H2,1-7H3,(H,37,41)(H,35,36,38). The van der Waals surface area contributed by atoms with E-state index in [2.05, 4.69) is 59.3 Å². The molecule has 0 saturated carbocycles. The molecule has 1 fully saturated rings. The van der Waals surface area contributed by atoms with Crippen molar-refractivity contribution in [3.05, 3.63) is 71.3 Å². The summed E-state index contributed by atoms with van der Waals surface area (Å²) in [5, 5.41) is 6.02. The Bertz CT molecular complexity index is 1690. The van der Waals surface area contributed by atoms with Crippen LogP contribution in [0.1, 0.15) is 16.7 Å².